The number of methoxy groups -OCH3 is 1. The molecule has 0 aliphatic carbocycles. The van der Waals surface area contributed by atoms with Crippen molar-refractivity contribution in [2.45, 2.75) is 5.16 Å². The van der Waals surface area contributed by atoms with Gasteiger partial charge in [-0.15, -0.1) is 10.2 Å². The number of anilines is 1. The van der Waals surface area contributed by atoms with Crippen molar-refractivity contribution in [1.29, 1.82) is 0 Å². The second kappa shape index (κ2) is 9.36. The van der Waals surface area contributed by atoms with Crippen LogP contribution in [0.3, 0.4) is 0 Å². The summed E-state index contributed by atoms with van der Waals surface area (Å²) in [4.78, 5) is 12.5. The molecule has 0 fully saturated rings. The molecule has 3 aromatic carbocycles. The molecule has 0 aliphatic rings. The molecule has 4 aromatic rings. The van der Waals surface area contributed by atoms with Gasteiger partial charge in [-0.2, -0.15) is 0 Å². The van der Waals surface area contributed by atoms with Gasteiger partial charge in [-0.05, 0) is 36.4 Å². The molecule has 2 N–H and O–H groups in total. The van der Waals surface area contributed by atoms with Gasteiger partial charge >= 0.3 is 0 Å². The summed E-state index contributed by atoms with van der Waals surface area (Å²) in [5.74, 6) is 1.24. The van der Waals surface area contributed by atoms with Crippen molar-refractivity contribution in [1.82, 2.24) is 14.8 Å². The number of benzene rings is 3. The predicted molar refractivity (Wildman–Crippen MR) is 121 cm³/mol. The molecule has 4 rings (SSSR count). The normalized spacial score (nSPS) is 10.6. The summed E-state index contributed by atoms with van der Waals surface area (Å²) < 4.78 is 7.02. The Morgan fingerprint density at radius 1 is 1.03 bits per heavy atom. The molecule has 0 unspecified atom stereocenters. The van der Waals surface area contributed by atoms with Gasteiger partial charge in [0.2, 0.25) is 5.91 Å². The summed E-state index contributed by atoms with van der Waals surface area (Å²) in [6, 6.07) is 23.7. The zero-order valence-corrected chi connectivity index (χ0v) is 17.5. The number of amides is 1. The second-order valence-corrected chi connectivity index (χ2v) is 7.51. The highest BCUT2D eigenvalue weighted by Gasteiger charge is 2.19. The smallest absolute Gasteiger partial charge is 0.234 e. The fourth-order valence-electron chi connectivity index (χ4n) is 3.04. The number of ether oxygens (including phenoxy) is 1. The average molecular weight is 433 g/mol. The summed E-state index contributed by atoms with van der Waals surface area (Å²) in [7, 11) is 1.58. The van der Waals surface area contributed by atoms with Crippen molar-refractivity contribution in [3.8, 4) is 28.6 Å². The summed E-state index contributed by atoms with van der Waals surface area (Å²) in [5, 5.41) is 22.3. The molecule has 0 radical (unpaired) electrons. The maximum atomic E-state index is 12.5. The van der Waals surface area contributed by atoms with Crippen LogP contribution in [0.5, 0.6) is 11.5 Å². The topological polar surface area (TPSA) is 89.3 Å². The molecule has 0 bridgehead atoms. The first kappa shape index (κ1) is 20.5. The molecule has 7 nitrogen and oxygen atoms in total. The number of aromatic hydroxyl groups is 1. The lowest BCUT2D eigenvalue weighted by molar-refractivity contribution is -0.113. The number of nitrogens with one attached hydrogen (secondary N) is 1. The van der Waals surface area contributed by atoms with Gasteiger partial charge in [0.25, 0.3) is 0 Å². The molecule has 1 amide bonds. The molecule has 1 aromatic heterocycles. The zero-order chi connectivity index (χ0) is 21.6. The minimum absolute atomic E-state index is 0.111. The van der Waals surface area contributed by atoms with Crippen LogP contribution in [0.1, 0.15) is 0 Å². The number of carbonyl (C=O) groups excluding carboxylic acids is 1. The van der Waals surface area contributed by atoms with Gasteiger partial charge in [0.1, 0.15) is 11.5 Å². The maximum Gasteiger partial charge on any atom is 0.234 e. The number of aromatic nitrogens is 3. The predicted octanol–water partition coefficient (Wildman–Crippen LogP) is 4.38. The third-order valence-electron chi connectivity index (χ3n) is 4.48. The first-order valence-electron chi connectivity index (χ1n) is 9.51. The Balaban J connectivity index is 1.58. The van der Waals surface area contributed by atoms with Crippen LogP contribution < -0.4 is 10.1 Å². The zero-order valence-electron chi connectivity index (χ0n) is 16.7. The quantitative estimate of drug-likeness (QED) is 0.421. The van der Waals surface area contributed by atoms with Crippen molar-refractivity contribution in [2.24, 2.45) is 0 Å². The maximum absolute atomic E-state index is 12.5. The van der Waals surface area contributed by atoms with E-state index in [2.05, 4.69) is 15.5 Å². The lowest BCUT2D eigenvalue weighted by Gasteiger charge is -2.11. The van der Waals surface area contributed by atoms with E-state index in [-0.39, 0.29) is 17.4 Å². The summed E-state index contributed by atoms with van der Waals surface area (Å²) in [6.45, 7) is 0. The van der Waals surface area contributed by atoms with Crippen LogP contribution in [0.2, 0.25) is 0 Å². The lowest BCUT2D eigenvalue weighted by Crippen LogP contribution is -2.14. The fraction of sp³-hybridized carbons (Fsp3) is 0.0870. The van der Waals surface area contributed by atoms with Crippen LogP contribution in [0.25, 0.3) is 17.1 Å². The van der Waals surface area contributed by atoms with E-state index in [9.17, 15) is 9.90 Å². The standard InChI is InChI=1S/C23H20N4O3S/c1-30-18-11-7-8-16(14-18)24-21(29)15-31-23-26-25-22(19-12-5-6-13-20(19)28)27(23)17-9-3-2-4-10-17/h2-14,28H,15H2,1H3,(H,24,29). The minimum atomic E-state index is -0.176. The summed E-state index contributed by atoms with van der Waals surface area (Å²) in [5.41, 5.74) is 2.05. The van der Waals surface area contributed by atoms with E-state index < -0.39 is 0 Å². The van der Waals surface area contributed by atoms with Crippen LogP contribution in [0.15, 0.2) is 84.0 Å². The van der Waals surface area contributed by atoms with Crippen molar-refractivity contribution in [3.05, 3.63) is 78.9 Å². The second-order valence-electron chi connectivity index (χ2n) is 6.56. The Morgan fingerprint density at radius 2 is 1.81 bits per heavy atom. The van der Waals surface area contributed by atoms with Crippen LogP contribution in [-0.4, -0.2) is 38.6 Å². The molecule has 0 saturated heterocycles. The Hall–Kier alpha value is -3.78. The highest BCUT2D eigenvalue weighted by Crippen LogP contribution is 2.32. The number of rotatable bonds is 7. The molecule has 0 spiro atoms. The average Bonchev–Trinajstić information content (AvgIpc) is 3.22. The van der Waals surface area contributed by atoms with Crippen LogP contribution >= 0.6 is 11.8 Å². The molecule has 8 heteroatoms. The van der Waals surface area contributed by atoms with Crippen molar-refractivity contribution in [3.63, 3.8) is 0 Å². The van der Waals surface area contributed by atoms with E-state index >= 15 is 0 Å². The number of hydrogen-bond acceptors (Lipinski definition) is 6. The van der Waals surface area contributed by atoms with E-state index in [1.54, 1.807) is 37.4 Å². The van der Waals surface area contributed by atoms with Gasteiger partial charge in [0.05, 0.1) is 18.4 Å². The number of hydrogen-bond donors (Lipinski definition) is 2. The fourth-order valence-corrected chi connectivity index (χ4v) is 3.79. The Bertz CT molecular complexity index is 1190. The van der Waals surface area contributed by atoms with Gasteiger partial charge in [-0.3, -0.25) is 9.36 Å². The first-order valence-corrected chi connectivity index (χ1v) is 10.5. The Morgan fingerprint density at radius 3 is 2.58 bits per heavy atom. The SMILES string of the molecule is COc1cccc(NC(=O)CSc2nnc(-c3ccccc3O)n2-c2ccccc2)c1. The highest BCUT2D eigenvalue weighted by atomic mass is 32.2. The molecule has 0 saturated carbocycles. The van der Waals surface area contributed by atoms with E-state index in [0.717, 1.165) is 5.69 Å². The van der Waals surface area contributed by atoms with Crippen molar-refractivity contribution < 1.29 is 14.6 Å². The summed E-state index contributed by atoms with van der Waals surface area (Å²) in [6.07, 6.45) is 0. The lowest BCUT2D eigenvalue weighted by atomic mass is 10.2. The molecule has 1 heterocycles. The third-order valence-corrected chi connectivity index (χ3v) is 5.41. The summed E-state index contributed by atoms with van der Waals surface area (Å²) >= 11 is 1.26. The van der Waals surface area contributed by atoms with Gasteiger partial charge in [0.15, 0.2) is 11.0 Å². The third kappa shape index (κ3) is 4.70. The Kier molecular flexibility index (Phi) is 6.18. The molecule has 0 aliphatic heterocycles. The molecule has 0 atom stereocenters. The monoisotopic (exact) mass is 432 g/mol. The molecule has 31 heavy (non-hydrogen) atoms. The van der Waals surface area contributed by atoms with E-state index in [1.165, 1.54) is 11.8 Å². The van der Waals surface area contributed by atoms with Crippen molar-refractivity contribution >= 4 is 23.4 Å². The number of nitrogens with zero attached hydrogens (tertiary/aromatic N) is 3. The van der Waals surface area contributed by atoms with Gasteiger partial charge in [0, 0.05) is 17.4 Å². The van der Waals surface area contributed by atoms with Crippen molar-refractivity contribution in [2.75, 3.05) is 18.2 Å². The van der Waals surface area contributed by atoms with Crippen LogP contribution in [0.4, 0.5) is 5.69 Å². The van der Waals surface area contributed by atoms with Gasteiger partial charge < -0.3 is 15.2 Å². The van der Waals surface area contributed by atoms with E-state index in [0.29, 0.717) is 28.0 Å². The number of thioether (sulfide) groups is 1. The number of phenolic OH excluding ortho intramolecular Hbond substituents is 1. The van der Waals surface area contributed by atoms with E-state index in [4.69, 9.17) is 4.74 Å². The highest BCUT2D eigenvalue weighted by molar-refractivity contribution is 7.99. The number of para-hydroxylation sites is 2. The number of phenols is 1. The van der Waals surface area contributed by atoms with Gasteiger partial charge in [-0.1, -0.05) is 48.2 Å². The molecule has 156 valence electrons. The molecular weight excluding hydrogens is 412 g/mol. The van der Waals surface area contributed by atoms with Crippen LogP contribution in [0, 0.1) is 0 Å². The minimum Gasteiger partial charge on any atom is -0.507 e. The number of carbonyl (C=O) groups is 1. The van der Waals surface area contributed by atoms with Gasteiger partial charge in [-0.25, -0.2) is 0 Å². The Labute approximate surface area is 183 Å². The first-order chi connectivity index (χ1) is 15.2. The van der Waals surface area contributed by atoms with E-state index in [1.807, 2.05) is 53.1 Å². The largest absolute Gasteiger partial charge is 0.507 e. The molecular formula is C23H20N4O3S. The van der Waals surface area contributed by atoms with Crippen LogP contribution in [-0.2, 0) is 4.79 Å².